The van der Waals surface area contributed by atoms with Crippen molar-refractivity contribution in [1.82, 2.24) is 0 Å². The average molecular weight is 312 g/mol. The van der Waals surface area contributed by atoms with Crippen LogP contribution in [0.2, 0.25) is 0 Å². The zero-order valence-corrected chi connectivity index (χ0v) is 12.5. The molecule has 1 N–H and O–H groups in total. The van der Waals surface area contributed by atoms with Crippen molar-refractivity contribution in [1.29, 1.82) is 0 Å². The number of benzene rings is 1. The quantitative estimate of drug-likeness (QED) is 0.884. The summed E-state index contributed by atoms with van der Waals surface area (Å²) in [4.78, 5) is 24.5. The van der Waals surface area contributed by atoms with Crippen LogP contribution in [0.5, 0.6) is 0 Å². The van der Waals surface area contributed by atoms with Crippen LogP contribution in [0.1, 0.15) is 22.2 Å². The van der Waals surface area contributed by atoms with Gasteiger partial charge in [-0.15, -0.1) is 11.3 Å². The number of carbonyl (C=O) groups excluding carboxylic acids is 1. The Bertz CT molecular complexity index is 807. The lowest BCUT2D eigenvalue weighted by molar-refractivity contribution is -0.114. The van der Waals surface area contributed by atoms with Gasteiger partial charge in [0.05, 0.1) is 22.5 Å². The number of anilines is 1. The first-order valence-corrected chi connectivity index (χ1v) is 7.43. The number of hydrogen-bond donors (Lipinski definition) is 1. The first-order valence-electron chi connectivity index (χ1n) is 6.55. The van der Waals surface area contributed by atoms with Gasteiger partial charge in [0.2, 0.25) is 0 Å². The third-order valence-corrected chi connectivity index (χ3v) is 4.05. The Morgan fingerprint density at radius 2 is 2.14 bits per heavy atom. The standard InChI is InChI=1S/C16H12N2O3S/c1-10-14(9-13-6-3-7-22-13)15(19)18(17-10)12-5-2-4-11(8-12)16(20)21/h2-9H,1H3,(H,20,21)/b14-9+. The Morgan fingerprint density at radius 3 is 2.82 bits per heavy atom. The molecule has 0 spiro atoms. The molecule has 0 aliphatic carbocycles. The monoisotopic (exact) mass is 312 g/mol. The van der Waals surface area contributed by atoms with Crippen LogP contribution in [0.25, 0.3) is 6.08 Å². The van der Waals surface area contributed by atoms with E-state index in [9.17, 15) is 9.59 Å². The molecule has 0 unspecified atom stereocenters. The van der Waals surface area contributed by atoms with Crippen LogP contribution in [-0.4, -0.2) is 22.7 Å². The SMILES string of the molecule is CC1=NN(c2cccc(C(=O)O)c2)C(=O)/C1=C/c1cccs1. The number of hydrazone groups is 1. The number of amides is 1. The fourth-order valence-electron chi connectivity index (χ4n) is 2.15. The van der Waals surface area contributed by atoms with Gasteiger partial charge in [0.15, 0.2) is 0 Å². The molecule has 110 valence electrons. The van der Waals surface area contributed by atoms with Gasteiger partial charge < -0.3 is 5.11 Å². The second kappa shape index (κ2) is 5.57. The lowest BCUT2D eigenvalue weighted by atomic mass is 10.1. The topological polar surface area (TPSA) is 70.0 Å². The largest absolute Gasteiger partial charge is 0.478 e. The molecule has 1 amide bonds. The summed E-state index contributed by atoms with van der Waals surface area (Å²) in [6.45, 7) is 1.76. The van der Waals surface area contributed by atoms with E-state index in [1.165, 1.54) is 28.5 Å². The second-order valence-electron chi connectivity index (χ2n) is 4.73. The molecule has 6 heteroatoms. The summed E-state index contributed by atoms with van der Waals surface area (Å²) in [5.41, 5.74) is 1.69. The van der Waals surface area contributed by atoms with Crippen LogP contribution >= 0.6 is 11.3 Å². The number of rotatable bonds is 3. The molecule has 0 bridgehead atoms. The lowest BCUT2D eigenvalue weighted by Crippen LogP contribution is -2.21. The molecular weight excluding hydrogens is 300 g/mol. The summed E-state index contributed by atoms with van der Waals surface area (Å²) < 4.78 is 0. The van der Waals surface area contributed by atoms with Crippen LogP contribution in [-0.2, 0) is 4.79 Å². The van der Waals surface area contributed by atoms with Crippen molar-refractivity contribution in [3.8, 4) is 0 Å². The number of thiophene rings is 1. The molecule has 2 heterocycles. The molecule has 22 heavy (non-hydrogen) atoms. The average Bonchev–Trinajstić information content (AvgIpc) is 3.11. The van der Waals surface area contributed by atoms with E-state index >= 15 is 0 Å². The Kier molecular flexibility index (Phi) is 3.60. The predicted octanol–water partition coefficient (Wildman–Crippen LogP) is 3.25. The molecule has 5 nitrogen and oxygen atoms in total. The summed E-state index contributed by atoms with van der Waals surface area (Å²) in [7, 11) is 0. The minimum absolute atomic E-state index is 0.119. The van der Waals surface area contributed by atoms with E-state index < -0.39 is 5.97 Å². The maximum Gasteiger partial charge on any atom is 0.335 e. The normalized spacial score (nSPS) is 16.2. The molecule has 0 saturated carbocycles. The van der Waals surface area contributed by atoms with Crippen LogP contribution < -0.4 is 5.01 Å². The highest BCUT2D eigenvalue weighted by atomic mass is 32.1. The molecule has 1 aromatic heterocycles. The maximum absolute atomic E-state index is 12.5. The van der Waals surface area contributed by atoms with Crippen molar-refractivity contribution in [2.45, 2.75) is 6.92 Å². The highest BCUT2D eigenvalue weighted by Gasteiger charge is 2.29. The molecule has 1 aromatic carbocycles. The zero-order valence-electron chi connectivity index (χ0n) is 11.7. The smallest absolute Gasteiger partial charge is 0.335 e. The Hall–Kier alpha value is -2.73. The van der Waals surface area contributed by atoms with Gasteiger partial charge in [0, 0.05) is 4.88 Å². The Labute approximate surface area is 130 Å². The molecule has 0 saturated heterocycles. The third kappa shape index (κ3) is 2.56. The number of carbonyl (C=O) groups is 2. The van der Waals surface area contributed by atoms with Crippen molar-refractivity contribution in [3.63, 3.8) is 0 Å². The second-order valence-corrected chi connectivity index (χ2v) is 5.71. The van der Waals surface area contributed by atoms with Crippen molar-refractivity contribution < 1.29 is 14.7 Å². The number of aromatic carboxylic acids is 1. The minimum Gasteiger partial charge on any atom is -0.478 e. The van der Waals surface area contributed by atoms with Gasteiger partial charge in [-0.25, -0.2) is 4.79 Å². The number of hydrogen-bond acceptors (Lipinski definition) is 4. The van der Waals surface area contributed by atoms with E-state index in [0.717, 1.165) is 4.88 Å². The summed E-state index contributed by atoms with van der Waals surface area (Å²) in [5, 5.41) is 16.5. The maximum atomic E-state index is 12.5. The van der Waals surface area contributed by atoms with Gasteiger partial charge in [0.1, 0.15) is 0 Å². The van der Waals surface area contributed by atoms with Gasteiger partial charge in [0.25, 0.3) is 5.91 Å². The van der Waals surface area contributed by atoms with Crippen LogP contribution in [0, 0.1) is 0 Å². The number of carboxylic acid groups (broad SMARTS) is 1. The summed E-state index contributed by atoms with van der Waals surface area (Å²) in [6.07, 6.45) is 1.80. The van der Waals surface area contributed by atoms with E-state index in [1.54, 1.807) is 25.1 Å². The summed E-state index contributed by atoms with van der Waals surface area (Å²) in [6, 6.07) is 10.0. The zero-order chi connectivity index (χ0) is 15.7. The number of nitrogens with zero attached hydrogens (tertiary/aromatic N) is 2. The highest BCUT2D eigenvalue weighted by Crippen LogP contribution is 2.26. The first kappa shape index (κ1) is 14.2. The highest BCUT2D eigenvalue weighted by molar-refractivity contribution is 7.10. The Morgan fingerprint density at radius 1 is 1.32 bits per heavy atom. The van der Waals surface area contributed by atoms with Crippen LogP contribution in [0.4, 0.5) is 5.69 Å². The van der Waals surface area contributed by atoms with E-state index in [0.29, 0.717) is 17.0 Å². The van der Waals surface area contributed by atoms with Crippen molar-refractivity contribution in [2.75, 3.05) is 5.01 Å². The van der Waals surface area contributed by atoms with Crippen LogP contribution in [0.3, 0.4) is 0 Å². The van der Waals surface area contributed by atoms with Gasteiger partial charge >= 0.3 is 5.97 Å². The lowest BCUT2D eigenvalue weighted by Gasteiger charge is -2.12. The fraction of sp³-hybridized carbons (Fsp3) is 0.0625. The molecule has 0 atom stereocenters. The van der Waals surface area contributed by atoms with E-state index in [2.05, 4.69) is 5.10 Å². The molecule has 3 rings (SSSR count). The molecule has 1 aliphatic heterocycles. The fourth-order valence-corrected chi connectivity index (χ4v) is 2.80. The Balaban J connectivity index is 1.96. The molecule has 0 radical (unpaired) electrons. The number of carboxylic acids is 1. The van der Waals surface area contributed by atoms with E-state index in [4.69, 9.17) is 5.11 Å². The van der Waals surface area contributed by atoms with Crippen molar-refractivity contribution in [3.05, 3.63) is 57.8 Å². The van der Waals surface area contributed by atoms with E-state index in [1.807, 2.05) is 17.5 Å². The predicted molar refractivity (Wildman–Crippen MR) is 86.3 cm³/mol. The summed E-state index contributed by atoms with van der Waals surface area (Å²) in [5.74, 6) is -1.29. The molecule has 0 fully saturated rings. The van der Waals surface area contributed by atoms with Gasteiger partial charge in [-0.1, -0.05) is 12.1 Å². The molecule has 2 aromatic rings. The van der Waals surface area contributed by atoms with E-state index in [-0.39, 0.29) is 11.5 Å². The molecule has 1 aliphatic rings. The van der Waals surface area contributed by atoms with Crippen molar-refractivity contribution in [2.24, 2.45) is 5.10 Å². The third-order valence-electron chi connectivity index (χ3n) is 3.23. The van der Waals surface area contributed by atoms with Gasteiger partial charge in [-0.05, 0) is 42.6 Å². The minimum atomic E-state index is -1.04. The van der Waals surface area contributed by atoms with Crippen molar-refractivity contribution >= 4 is 40.7 Å². The van der Waals surface area contributed by atoms with Gasteiger partial charge in [-0.2, -0.15) is 10.1 Å². The summed E-state index contributed by atoms with van der Waals surface area (Å²) >= 11 is 1.54. The van der Waals surface area contributed by atoms with Crippen LogP contribution in [0.15, 0.2) is 52.5 Å². The van der Waals surface area contributed by atoms with Gasteiger partial charge in [-0.3, -0.25) is 4.79 Å². The molecular formula is C16H12N2O3S. The first-order chi connectivity index (χ1) is 10.6.